The van der Waals surface area contributed by atoms with Crippen LogP contribution in [0.25, 0.3) is 0 Å². The van der Waals surface area contributed by atoms with Crippen LogP contribution in [0.1, 0.15) is 64.7 Å². The van der Waals surface area contributed by atoms with Crippen LogP contribution < -0.4 is 26.0 Å². The normalized spacial score (nSPS) is 23.8. The minimum absolute atomic E-state index is 0.146. The van der Waals surface area contributed by atoms with Crippen molar-refractivity contribution in [2.24, 2.45) is 17.8 Å². The number of hydrogen-bond acceptors (Lipinski definition) is 3. The highest BCUT2D eigenvalue weighted by Crippen LogP contribution is 2.37. The lowest BCUT2D eigenvalue weighted by molar-refractivity contribution is 0.202. The zero-order valence-electron chi connectivity index (χ0n) is 21.5. The average Bonchev–Trinajstić information content (AvgIpc) is 2.89. The van der Waals surface area contributed by atoms with Gasteiger partial charge in [0.2, 0.25) is 0 Å². The van der Waals surface area contributed by atoms with Crippen LogP contribution in [0, 0.1) is 17.8 Å². The molecule has 2 aromatic rings. The van der Waals surface area contributed by atoms with Gasteiger partial charge in [-0.3, -0.25) is 0 Å². The van der Waals surface area contributed by atoms with Gasteiger partial charge in [-0.25, -0.2) is 9.59 Å². The van der Waals surface area contributed by atoms with Crippen molar-refractivity contribution in [2.45, 2.75) is 70.8 Å². The second kappa shape index (κ2) is 12.7. The summed E-state index contributed by atoms with van der Waals surface area (Å²) < 4.78 is 5.86. The Morgan fingerprint density at radius 1 is 0.722 bits per heavy atom. The summed E-state index contributed by atoms with van der Waals surface area (Å²) in [7, 11) is 1.57. The van der Waals surface area contributed by atoms with Gasteiger partial charge < -0.3 is 26.0 Å². The smallest absolute Gasteiger partial charge is 0.319 e. The molecule has 7 nitrogen and oxygen atoms in total. The quantitative estimate of drug-likeness (QED) is 0.331. The molecule has 2 aliphatic rings. The van der Waals surface area contributed by atoms with Crippen molar-refractivity contribution >= 4 is 23.4 Å². The molecule has 0 aliphatic heterocycles. The molecule has 194 valence electrons. The third-order valence-corrected chi connectivity index (χ3v) is 7.67. The Kier molecular flexibility index (Phi) is 9.09. The number of benzene rings is 2. The maximum Gasteiger partial charge on any atom is 0.319 e. The van der Waals surface area contributed by atoms with E-state index in [4.69, 9.17) is 4.74 Å². The molecule has 0 atom stereocenters. The molecule has 2 aliphatic carbocycles. The second-order valence-electron chi connectivity index (χ2n) is 10.5. The fraction of sp³-hybridized carbons (Fsp3) is 0.517. The number of ether oxygens (including phenoxy) is 1. The van der Waals surface area contributed by atoms with Crippen molar-refractivity contribution in [3.05, 3.63) is 48.5 Å². The first-order chi connectivity index (χ1) is 17.5. The molecule has 2 fully saturated rings. The summed E-state index contributed by atoms with van der Waals surface area (Å²) in [5, 5.41) is 11.3. The van der Waals surface area contributed by atoms with E-state index in [-0.39, 0.29) is 18.1 Å². The summed E-state index contributed by atoms with van der Waals surface area (Å²) in [6.07, 6.45) is 11.6. The van der Waals surface area contributed by atoms with Crippen LogP contribution in [0.15, 0.2) is 48.5 Å². The van der Waals surface area contributed by atoms with Crippen LogP contribution in [-0.2, 0) is 0 Å². The molecule has 4 amide bonds. The molecule has 2 saturated carbocycles. The first-order valence-corrected chi connectivity index (χ1v) is 13.4. The second-order valence-corrected chi connectivity index (χ2v) is 10.5. The minimum atomic E-state index is -0.271. The van der Waals surface area contributed by atoms with E-state index in [9.17, 15) is 9.59 Å². The first kappa shape index (κ1) is 25.9. The summed E-state index contributed by atoms with van der Waals surface area (Å²) in [6.45, 7) is 2.39. The molecule has 0 bridgehead atoms. The number of amides is 4. The van der Waals surface area contributed by atoms with Crippen LogP contribution in [0.3, 0.4) is 0 Å². The fourth-order valence-corrected chi connectivity index (χ4v) is 5.47. The van der Waals surface area contributed by atoms with E-state index in [0.29, 0.717) is 17.2 Å². The third-order valence-electron chi connectivity index (χ3n) is 7.67. The van der Waals surface area contributed by atoms with Crippen molar-refractivity contribution in [1.29, 1.82) is 0 Å². The molecule has 7 heteroatoms. The fourth-order valence-electron chi connectivity index (χ4n) is 5.47. The molecule has 0 aromatic heterocycles. The average molecular weight is 493 g/mol. The predicted molar refractivity (Wildman–Crippen MR) is 145 cm³/mol. The number of anilines is 2. The number of carbonyl (C=O) groups excluding carboxylic acids is 2. The van der Waals surface area contributed by atoms with Gasteiger partial charge in [-0.05, 0) is 98.4 Å². The highest BCUT2D eigenvalue weighted by atomic mass is 16.5. The number of rotatable bonds is 7. The van der Waals surface area contributed by atoms with E-state index < -0.39 is 0 Å². The molecule has 0 radical (unpaired) electrons. The van der Waals surface area contributed by atoms with Crippen molar-refractivity contribution in [2.75, 3.05) is 17.7 Å². The molecule has 2 aromatic carbocycles. The molecular weight excluding hydrogens is 452 g/mol. The Hall–Kier alpha value is -3.22. The zero-order valence-corrected chi connectivity index (χ0v) is 21.5. The Morgan fingerprint density at radius 2 is 1.19 bits per heavy atom. The standard InChI is InChI=1S/C29H40N4O3/c1-20-3-5-21(6-4-20)19-22-7-9-23(10-8-22)32-29(35)33-25-13-17-27(18-14-25)36-26-15-11-24(12-16-26)31-28(34)30-2/h11-18,20-23H,3-10,19H2,1-2H3,(H2,30,31,34)(H2,32,33,35). The van der Waals surface area contributed by atoms with Gasteiger partial charge in [-0.1, -0.05) is 32.6 Å². The monoisotopic (exact) mass is 492 g/mol. The molecule has 0 spiro atoms. The lowest BCUT2D eigenvalue weighted by Crippen LogP contribution is -2.40. The van der Waals surface area contributed by atoms with E-state index in [1.54, 1.807) is 31.3 Å². The maximum atomic E-state index is 12.5. The topological polar surface area (TPSA) is 91.5 Å². The van der Waals surface area contributed by atoms with E-state index in [1.807, 2.05) is 24.3 Å². The number of carbonyl (C=O) groups is 2. The van der Waals surface area contributed by atoms with Crippen LogP contribution >= 0.6 is 0 Å². The van der Waals surface area contributed by atoms with Crippen molar-refractivity contribution < 1.29 is 14.3 Å². The van der Waals surface area contributed by atoms with Crippen molar-refractivity contribution in [1.82, 2.24) is 10.6 Å². The highest BCUT2D eigenvalue weighted by molar-refractivity contribution is 5.89. The van der Waals surface area contributed by atoms with E-state index >= 15 is 0 Å². The summed E-state index contributed by atoms with van der Waals surface area (Å²) in [5.74, 6) is 4.00. The molecule has 4 N–H and O–H groups in total. The summed E-state index contributed by atoms with van der Waals surface area (Å²) >= 11 is 0. The van der Waals surface area contributed by atoms with Gasteiger partial charge in [-0.15, -0.1) is 0 Å². The van der Waals surface area contributed by atoms with Crippen LogP contribution in [0.5, 0.6) is 11.5 Å². The van der Waals surface area contributed by atoms with Crippen LogP contribution in [-0.4, -0.2) is 25.2 Å². The van der Waals surface area contributed by atoms with E-state index in [1.165, 1.54) is 44.9 Å². The largest absolute Gasteiger partial charge is 0.457 e. The zero-order chi connectivity index (χ0) is 25.3. The van der Waals surface area contributed by atoms with Crippen molar-refractivity contribution in [3.63, 3.8) is 0 Å². The SMILES string of the molecule is CNC(=O)Nc1ccc(Oc2ccc(NC(=O)NC3CCC(CC4CCC(C)CC4)CC3)cc2)cc1. The first-order valence-electron chi connectivity index (χ1n) is 13.4. The molecule has 0 saturated heterocycles. The lowest BCUT2D eigenvalue weighted by Gasteiger charge is -2.33. The summed E-state index contributed by atoms with van der Waals surface area (Å²) in [6, 6.07) is 14.3. The molecule has 4 rings (SSSR count). The Morgan fingerprint density at radius 3 is 1.69 bits per heavy atom. The van der Waals surface area contributed by atoms with Gasteiger partial charge in [0.05, 0.1) is 0 Å². The maximum absolute atomic E-state index is 12.5. The predicted octanol–water partition coefficient (Wildman–Crippen LogP) is 7.13. The molecular formula is C29H40N4O3. The van der Waals surface area contributed by atoms with Gasteiger partial charge in [0, 0.05) is 24.5 Å². The third kappa shape index (κ3) is 7.90. The van der Waals surface area contributed by atoms with Crippen LogP contribution in [0.2, 0.25) is 0 Å². The lowest BCUT2D eigenvalue weighted by atomic mass is 9.75. The van der Waals surface area contributed by atoms with Gasteiger partial charge in [-0.2, -0.15) is 0 Å². The Balaban J connectivity index is 1.16. The number of hydrogen-bond donors (Lipinski definition) is 4. The highest BCUT2D eigenvalue weighted by Gasteiger charge is 2.26. The molecule has 0 heterocycles. The number of urea groups is 2. The summed E-state index contributed by atoms with van der Waals surface area (Å²) in [5.41, 5.74) is 1.41. The summed E-state index contributed by atoms with van der Waals surface area (Å²) in [4.78, 5) is 23.9. The number of nitrogens with one attached hydrogen (secondary N) is 4. The molecule has 0 unspecified atom stereocenters. The van der Waals surface area contributed by atoms with Gasteiger partial charge in [0.25, 0.3) is 0 Å². The van der Waals surface area contributed by atoms with Gasteiger partial charge in [0.1, 0.15) is 11.5 Å². The van der Waals surface area contributed by atoms with Gasteiger partial charge >= 0.3 is 12.1 Å². The van der Waals surface area contributed by atoms with Gasteiger partial charge in [0.15, 0.2) is 0 Å². The molecule has 36 heavy (non-hydrogen) atoms. The van der Waals surface area contributed by atoms with E-state index in [2.05, 4.69) is 28.2 Å². The van der Waals surface area contributed by atoms with E-state index in [0.717, 1.165) is 36.3 Å². The van der Waals surface area contributed by atoms with Crippen molar-refractivity contribution in [3.8, 4) is 11.5 Å². The van der Waals surface area contributed by atoms with Crippen LogP contribution in [0.4, 0.5) is 21.0 Å². The Bertz CT molecular complexity index is 977. The Labute approximate surface area is 214 Å². The minimum Gasteiger partial charge on any atom is -0.457 e.